The second kappa shape index (κ2) is 7.12. The summed E-state index contributed by atoms with van der Waals surface area (Å²) < 4.78 is 0. The molecule has 0 amide bonds. The number of aromatic nitrogens is 2. The van der Waals surface area contributed by atoms with Crippen LogP contribution in [0.2, 0.25) is 0 Å². The maximum absolute atomic E-state index is 5.31. The highest BCUT2D eigenvalue weighted by molar-refractivity contribution is 7.27. The molecular formula is C26H18N4S3. The number of hydrogen-bond donors (Lipinski definition) is 2. The topological polar surface area (TPSA) is 49.8 Å². The molecule has 4 nitrogen and oxygen atoms in total. The molecule has 6 aromatic rings. The van der Waals surface area contributed by atoms with Crippen molar-refractivity contribution < 1.29 is 0 Å². The molecule has 1 aliphatic rings. The SMILES string of the molecule is CNc1ccc2c3c(ccc(NC)c13)-c1nc3c(-c4cccs4)sc(-c4cccs4)c3nc1-2. The Bertz CT molecular complexity index is 1560. The van der Waals surface area contributed by atoms with Crippen molar-refractivity contribution in [3.63, 3.8) is 0 Å². The fourth-order valence-corrected chi connectivity index (χ4v) is 7.67. The van der Waals surface area contributed by atoms with Gasteiger partial charge in [0.25, 0.3) is 0 Å². The molecule has 7 rings (SSSR count). The van der Waals surface area contributed by atoms with Crippen LogP contribution in [-0.4, -0.2) is 24.1 Å². The lowest BCUT2D eigenvalue weighted by Gasteiger charge is -2.12. The molecule has 0 aliphatic heterocycles. The average Bonchev–Trinajstić information content (AvgIpc) is 3.64. The Morgan fingerprint density at radius 2 is 1.15 bits per heavy atom. The van der Waals surface area contributed by atoms with E-state index < -0.39 is 0 Å². The number of nitrogens with zero attached hydrogens (tertiary/aromatic N) is 2. The van der Waals surface area contributed by atoms with Crippen LogP contribution in [0.25, 0.3) is 63.8 Å². The number of anilines is 2. The molecular weight excluding hydrogens is 465 g/mol. The van der Waals surface area contributed by atoms with Crippen LogP contribution in [-0.2, 0) is 0 Å². The van der Waals surface area contributed by atoms with Gasteiger partial charge in [0, 0.05) is 57.1 Å². The Morgan fingerprint density at radius 1 is 0.636 bits per heavy atom. The summed E-state index contributed by atoms with van der Waals surface area (Å²) in [4.78, 5) is 15.5. The third-order valence-corrected chi connectivity index (χ3v) is 9.50. The molecule has 33 heavy (non-hydrogen) atoms. The van der Waals surface area contributed by atoms with E-state index in [0.717, 1.165) is 44.9 Å². The molecule has 160 valence electrons. The fraction of sp³-hybridized carbons (Fsp3) is 0.0769. The molecule has 2 aromatic carbocycles. The Hall–Kier alpha value is -3.26. The summed E-state index contributed by atoms with van der Waals surface area (Å²) in [7, 11) is 3.94. The number of rotatable bonds is 4. The molecule has 2 N–H and O–H groups in total. The van der Waals surface area contributed by atoms with Gasteiger partial charge >= 0.3 is 0 Å². The number of nitrogens with one attached hydrogen (secondary N) is 2. The minimum atomic E-state index is 0.978. The lowest BCUT2D eigenvalue weighted by Crippen LogP contribution is -1.95. The largest absolute Gasteiger partial charge is 0.388 e. The summed E-state index contributed by atoms with van der Waals surface area (Å²) in [6, 6.07) is 17.2. The zero-order valence-electron chi connectivity index (χ0n) is 17.9. The van der Waals surface area contributed by atoms with E-state index in [4.69, 9.17) is 9.97 Å². The van der Waals surface area contributed by atoms with E-state index in [-0.39, 0.29) is 0 Å². The highest BCUT2D eigenvalue weighted by Crippen LogP contribution is 2.52. The molecule has 0 fully saturated rings. The molecule has 0 saturated heterocycles. The van der Waals surface area contributed by atoms with Crippen LogP contribution in [0.4, 0.5) is 11.4 Å². The molecule has 7 heteroatoms. The minimum absolute atomic E-state index is 0.978. The predicted molar refractivity (Wildman–Crippen MR) is 145 cm³/mol. The van der Waals surface area contributed by atoms with Gasteiger partial charge in [-0.1, -0.05) is 24.3 Å². The van der Waals surface area contributed by atoms with E-state index in [1.54, 1.807) is 34.0 Å². The van der Waals surface area contributed by atoms with Gasteiger partial charge < -0.3 is 10.6 Å². The molecule has 1 aliphatic carbocycles. The summed E-state index contributed by atoms with van der Waals surface area (Å²) in [6.45, 7) is 0. The lowest BCUT2D eigenvalue weighted by molar-refractivity contribution is 1.33. The minimum Gasteiger partial charge on any atom is -0.388 e. The number of benzene rings is 2. The standard InChI is InChI=1S/C26H18N4S3/c1-27-15-9-7-13-19-14(8-10-16(28-2)20(15)19)22-21(13)29-23-24(30-22)26(18-6-4-12-32-18)33-25(23)17-5-3-11-31-17/h3-12,27-28H,1-2H3. The third-order valence-electron chi connectivity index (χ3n) is 6.23. The van der Waals surface area contributed by atoms with Gasteiger partial charge in [0.05, 0.1) is 21.1 Å². The van der Waals surface area contributed by atoms with Crippen LogP contribution in [0.3, 0.4) is 0 Å². The molecule has 0 atom stereocenters. The summed E-state index contributed by atoms with van der Waals surface area (Å²) >= 11 is 5.31. The quantitative estimate of drug-likeness (QED) is 0.267. The van der Waals surface area contributed by atoms with E-state index in [1.165, 1.54) is 30.3 Å². The summed E-state index contributed by atoms with van der Waals surface area (Å²) in [5.74, 6) is 0. The van der Waals surface area contributed by atoms with Gasteiger partial charge in [0.15, 0.2) is 0 Å². The molecule has 0 unspecified atom stereocenters. The van der Waals surface area contributed by atoms with Gasteiger partial charge in [-0.3, -0.25) is 0 Å². The van der Waals surface area contributed by atoms with Crippen LogP contribution in [0.1, 0.15) is 0 Å². The van der Waals surface area contributed by atoms with Crippen LogP contribution in [0.15, 0.2) is 59.3 Å². The summed E-state index contributed by atoms with van der Waals surface area (Å²) in [6.07, 6.45) is 0. The van der Waals surface area contributed by atoms with Crippen LogP contribution in [0.5, 0.6) is 0 Å². The van der Waals surface area contributed by atoms with Crippen molar-refractivity contribution in [1.82, 2.24) is 9.97 Å². The molecule has 0 spiro atoms. The molecule has 0 bridgehead atoms. The highest BCUT2D eigenvalue weighted by atomic mass is 32.1. The van der Waals surface area contributed by atoms with Crippen molar-refractivity contribution in [3.8, 4) is 42.0 Å². The van der Waals surface area contributed by atoms with Gasteiger partial charge in [-0.15, -0.1) is 34.0 Å². The van der Waals surface area contributed by atoms with Crippen molar-refractivity contribution >= 4 is 67.2 Å². The normalized spacial score (nSPS) is 11.9. The first-order valence-corrected chi connectivity index (χ1v) is 13.2. The number of hydrogen-bond acceptors (Lipinski definition) is 7. The first-order chi connectivity index (χ1) is 16.3. The van der Waals surface area contributed by atoms with Gasteiger partial charge in [-0.25, -0.2) is 9.97 Å². The Kier molecular flexibility index (Phi) is 4.15. The first kappa shape index (κ1) is 19.2. The summed E-state index contributed by atoms with van der Waals surface area (Å²) in [5, 5.41) is 13.4. The zero-order chi connectivity index (χ0) is 22.1. The van der Waals surface area contributed by atoms with E-state index >= 15 is 0 Å². The molecule has 0 saturated carbocycles. The molecule has 4 heterocycles. The third kappa shape index (κ3) is 2.61. The van der Waals surface area contributed by atoms with Gasteiger partial charge in [0.2, 0.25) is 0 Å². The van der Waals surface area contributed by atoms with E-state index in [1.807, 2.05) is 14.1 Å². The Balaban J connectivity index is 1.60. The number of thiophene rings is 3. The summed E-state index contributed by atoms with van der Waals surface area (Å²) in [5.41, 5.74) is 8.47. The van der Waals surface area contributed by atoms with Crippen molar-refractivity contribution in [2.75, 3.05) is 24.7 Å². The van der Waals surface area contributed by atoms with E-state index in [0.29, 0.717) is 0 Å². The first-order valence-electron chi connectivity index (χ1n) is 10.7. The van der Waals surface area contributed by atoms with Crippen LogP contribution >= 0.6 is 34.0 Å². The molecule has 0 radical (unpaired) electrons. The molecule has 4 aromatic heterocycles. The fourth-order valence-electron chi connectivity index (χ4n) is 4.78. The zero-order valence-corrected chi connectivity index (χ0v) is 20.3. The maximum atomic E-state index is 5.31. The lowest BCUT2D eigenvalue weighted by atomic mass is 10.0. The average molecular weight is 483 g/mol. The van der Waals surface area contributed by atoms with Crippen LogP contribution < -0.4 is 10.6 Å². The highest BCUT2D eigenvalue weighted by Gasteiger charge is 2.29. The van der Waals surface area contributed by atoms with Gasteiger partial charge in [0.1, 0.15) is 11.0 Å². The van der Waals surface area contributed by atoms with Crippen molar-refractivity contribution in [1.29, 1.82) is 0 Å². The van der Waals surface area contributed by atoms with Crippen molar-refractivity contribution in [2.45, 2.75) is 0 Å². The van der Waals surface area contributed by atoms with E-state index in [2.05, 4.69) is 69.9 Å². The van der Waals surface area contributed by atoms with Crippen molar-refractivity contribution in [2.24, 2.45) is 0 Å². The van der Waals surface area contributed by atoms with Crippen LogP contribution in [0, 0.1) is 0 Å². The predicted octanol–water partition coefficient (Wildman–Crippen LogP) is 8.03. The monoisotopic (exact) mass is 482 g/mol. The van der Waals surface area contributed by atoms with Crippen molar-refractivity contribution in [3.05, 3.63) is 59.3 Å². The maximum Gasteiger partial charge on any atom is 0.110 e. The van der Waals surface area contributed by atoms with Gasteiger partial charge in [-0.05, 0) is 35.0 Å². The smallest absolute Gasteiger partial charge is 0.110 e. The van der Waals surface area contributed by atoms with Gasteiger partial charge in [-0.2, -0.15) is 0 Å². The second-order valence-electron chi connectivity index (χ2n) is 7.90. The van der Waals surface area contributed by atoms with E-state index in [9.17, 15) is 0 Å². The Morgan fingerprint density at radius 3 is 1.58 bits per heavy atom. The Labute approximate surface area is 202 Å². The number of fused-ring (bicyclic) bond motifs is 4. The second-order valence-corrected chi connectivity index (χ2v) is 10.8.